The van der Waals surface area contributed by atoms with Crippen LogP contribution in [-0.4, -0.2) is 46.3 Å². The minimum Gasteiger partial charge on any atom is -0.507 e. The molecule has 2 amide bonds. The van der Waals surface area contributed by atoms with E-state index in [9.17, 15) is 24.3 Å². The molecule has 37 heavy (non-hydrogen) atoms. The standard InChI is InChI=1S/C25H23I3N2O7/c26-16-13-15(5-6-20(16)31)36-24-17(27)10-14(11-18(24)28)12-19(29)25(35)37-23(34)4-2-1-3-9-30-21(32)7-8-22(30)33/h5-8,10-11,13,19,31H,1-4,9,12,29H2/t19-/m0/s1. The maximum Gasteiger partial charge on any atom is 0.330 e. The summed E-state index contributed by atoms with van der Waals surface area (Å²) in [6, 6.07) is 7.65. The Morgan fingerprint density at radius 2 is 1.59 bits per heavy atom. The minimum absolute atomic E-state index is 0.0383. The minimum atomic E-state index is -1.01. The van der Waals surface area contributed by atoms with Crippen LogP contribution in [0.2, 0.25) is 0 Å². The lowest BCUT2D eigenvalue weighted by Crippen LogP contribution is -2.35. The number of aromatic hydroxyl groups is 1. The maximum absolute atomic E-state index is 12.3. The summed E-state index contributed by atoms with van der Waals surface area (Å²) in [5.74, 6) is -0.713. The van der Waals surface area contributed by atoms with Gasteiger partial charge in [0.15, 0.2) is 5.75 Å². The van der Waals surface area contributed by atoms with Gasteiger partial charge in [0, 0.05) is 25.1 Å². The molecule has 0 saturated carbocycles. The van der Waals surface area contributed by atoms with Crippen LogP contribution in [0, 0.1) is 10.7 Å². The van der Waals surface area contributed by atoms with Gasteiger partial charge in [0.2, 0.25) is 0 Å². The molecular formula is C25H23I3N2O7. The monoisotopic (exact) mass is 844 g/mol. The van der Waals surface area contributed by atoms with Crippen molar-refractivity contribution in [3.63, 3.8) is 0 Å². The van der Waals surface area contributed by atoms with Crippen LogP contribution in [0.1, 0.15) is 31.2 Å². The van der Waals surface area contributed by atoms with Gasteiger partial charge in [-0.1, -0.05) is 6.42 Å². The predicted octanol–water partition coefficient (Wildman–Crippen LogP) is 4.42. The van der Waals surface area contributed by atoms with Crippen LogP contribution >= 0.6 is 67.8 Å². The number of amides is 2. The Labute approximate surface area is 254 Å². The van der Waals surface area contributed by atoms with Gasteiger partial charge in [-0.3, -0.25) is 19.3 Å². The molecule has 0 unspecified atom stereocenters. The van der Waals surface area contributed by atoms with Crippen molar-refractivity contribution in [3.05, 3.63) is 58.8 Å². The van der Waals surface area contributed by atoms with Crippen molar-refractivity contribution < 1.29 is 33.8 Å². The fourth-order valence-corrected chi connectivity index (χ4v) is 6.04. The molecule has 9 nitrogen and oxygen atoms in total. The van der Waals surface area contributed by atoms with Crippen LogP contribution in [0.15, 0.2) is 42.5 Å². The van der Waals surface area contributed by atoms with Gasteiger partial charge in [-0.25, -0.2) is 4.79 Å². The third-order valence-corrected chi connectivity index (χ3v) is 7.80. The molecule has 1 heterocycles. The first-order chi connectivity index (χ1) is 17.5. The van der Waals surface area contributed by atoms with E-state index < -0.39 is 18.0 Å². The number of hydrogen-bond acceptors (Lipinski definition) is 8. The van der Waals surface area contributed by atoms with Crippen molar-refractivity contribution in [3.8, 4) is 17.2 Å². The Bertz CT molecular complexity index is 1210. The fourth-order valence-electron chi connectivity index (χ4n) is 3.44. The summed E-state index contributed by atoms with van der Waals surface area (Å²) in [6.45, 7) is 0.291. The fraction of sp³-hybridized carbons (Fsp3) is 0.280. The number of carbonyl (C=O) groups excluding carboxylic acids is 4. The molecule has 12 heteroatoms. The number of carbonyl (C=O) groups is 4. The lowest BCUT2D eigenvalue weighted by Gasteiger charge is -2.15. The maximum atomic E-state index is 12.3. The van der Waals surface area contributed by atoms with Crippen LogP contribution in [0.3, 0.4) is 0 Å². The largest absolute Gasteiger partial charge is 0.507 e. The third-order valence-electron chi connectivity index (χ3n) is 5.33. The number of ether oxygens (including phenoxy) is 2. The van der Waals surface area contributed by atoms with Gasteiger partial charge < -0.3 is 20.3 Å². The van der Waals surface area contributed by atoms with E-state index in [-0.39, 0.29) is 30.4 Å². The molecule has 0 bridgehead atoms. The first-order valence-corrected chi connectivity index (χ1v) is 14.5. The number of phenols is 1. The number of hydrogen-bond donors (Lipinski definition) is 2. The summed E-state index contributed by atoms with van der Waals surface area (Å²) in [5, 5.41) is 9.70. The molecule has 0 saturated heterocycles. The number of rotatable bonds is 11. The molecule has 0 aromatic heterocycles. The Balaban J connectivity index is 1.44. The van der Waals surface area contributed by atoms with Gasteiger partial charge in [-0.15, -0.1) is 0 Å². The van der Waals surface area contributed by atoms with Crippen LogP contribution in [0.5, 0.6) is 17.2 Å². The van der Waals surface area contributed by atoms with Gasteiger partial charge in [0.05, 0.1) is 10.7 Å². The summed E-state index contributed by atoms with van der Waals surface area (Å²) in [6.07, 6.45) is 4.30. The zero-order chi connectivity index (χ0) is 27.1. The average molecular weight is 844 g/mol. The second-order valence-corrected chi connectivity index (χ2v) is 11.7. The lowest BCUT2D eigenvalue weighted by molar-refractivity contribution is -0.160. The number of esters is 2. The van der Waals surface area contributed by atoms with E-state index in [0.29, 0.717) is 40.9 Å². The van der Waals surface area contributed by atoms with Crippen molar-refractivity contribution in [2.24, 2.45) is 5.73 Å². The van der Waals surface area contributed by atoms with E-state index in [4.69, 9.17) is 15.2 Å². The topological polar surface area (TPSA) is 136 Å². The van der Waals surface area contributed by atoms with E-state index in [2.05, 4.69) is 45.2 Å². The molecule has 1 aliphatic heterocycles. The summed E-state index contributed by atoms with van der Waals surface area (Å²) < 4.78 is 13.2. The number of phenolic OH excluding ortho intramolecular Hbond substituents is 1. The van der Waals surface area contributed by atoms with Gasteiger partial charge in [0.1, 0.15) is 17.5 Å². The second kappa shape index (κ2) is 13.8. The molecule has 1 atom stereocenters. The summed E-state index contributed by atoms with van der Waals surface area (Å²) in [4.78, 5) is 48.5. The number of imide groups is 1. The molecule has 196 valence electrons. The van der Waals surface area contributed by atoms with E-state index >= 15 is 0 Å². The zero-order valence-corrected chi connectivity index (χ0v) is 25.9. The van der Waals surface area contributed by atoms with Crippen molar-refractivity contribution in [2.45, 2.75) is 38.1 Å². The van der Waals surface area contributed by atoms with Crippen LogP contribution < -0.4 is 10.5 Å². The first kappa shape index (κ1) is 29.8. The van der Waals surface area contributed by atoms with Crippen LogP contribution in [-0.2, 0) is 30.3 Å². The van der Waals surface area contributed by atoms with Gasteiger partial charge in [-0.05, 0) is 123 Å². The number of benzene rings is 2. The molecule has 3 N–H and O–H groups in total. The smallest absolute Gasteiger partial charge is 0.330 e. The van der Waals surface area contributed by atoms with E-state index in [1.807, 2.05) is 34.7 Å². The molecule has 3 rings (SSSR count). The van der Waals surface area contributed by atoms with Crippen molar-refractivity contribution in [1.82, 2.24) is 4.90 Å². The molecular weight excluding hydrogens is 821 g/mol. The van der Waals surface area contributed by atoms with E-state index in [0.717, 1.165) is 17.6 Å². The Morgan fingerprint density at radius 1 is 0.946 bits per heavy atom. The number of halogens is 3. The highest BCUT2D eigenvalue weighted by molar-refractivity contribution is 14.1. The van der Waals surface area contributed by atoms with Crippen LogP contribution in [0.25, 0.3) is 0 Å². The van der Waals surface area contributed by atoms with Gasteiger partial charge >= 0.3 is 11.9 Å². The van der Waals surface area contributed by atoms with Crippen molar-refractivity contribution in [2.75, 3.05) is 6.54 Å². The quantitative estimate of drug-likeness (QED) is 0.112. The normalized spacial score (nSPS) is 13.7. The molecule has 1 aliphatic rings. The summed E-state index contributed by atoms with van der Waals surface area (Å²) in [5.41, 5.74) is 6.79. The number of unbranched alkanes of at least 4 members (excludes halogenated alkanes) is 2. The highest BCUT2D eigenvalue weighted by Gasteiger charge is 2.23. The molecule has 2 aromatic carbocycles. The predicted molar refractivity (Wildman–Crippen MR) is 160 cm³/mol. The van der Waals surface area contributed by atoms with Gasteiger partial charge in [-0.2, -0.15) is 0 Å². The highest BCUT2D eigenvalue weighted by Crippen LogP contribution is 2.35. The van der Waals surface area contributed by atoms with Crippen molar-refractivity contribution >= 4 is 91.5 Å². The van der Waals surface area contributed by atoms with E-state index in [1.54, 1.807) is 18.2 Å². The summed E-state index contributed by atoms with van der Waals surface area (Å²) in [7, 11) is 0. The molecule has 0 aliphatic carbocycles. The average Bonchev–Trinajstić information content (AvgIpc) is 3.15. The SMILES string of the molecule is N[C@@H](Cc1cc(I)c(Oc2ccc(O)c(I)c2)c(I)c1)C(=O)OC(=O)CCCCCN1C(=O)C=CC1=O. The van der Waals surface area contributed by atoms with E-state index in [1.165, 1.54) is 12.2 Å². The number of nitrogens with zero attached hydrogens (tertiary/aromatic N) is 1. The highest BCUT2D eigenvalue weighted by atomic mass is 127. The summed E-state index contributed by atoms with van der Waals surface area (Å²) >= 11 is 6.30. The zero-order valence-electron chi connectivity index (χ0n) is 19.4. The van der Waals surface area contributed by atoms with Gasteiger partial charge in [0.25, 0.3) is 11.8 Å². The lowest BCUT2D eigenvalue weighted by atomic mass is 10.1. The third kappa shape index (κ3) is 8.61. The van der Waals surface area contributed by atoms with Crippen molar-refractivity contribution in [1.29, 1.82) is 0 Å². The molecule has 2 aromatic rings. The molecule has 0 radical (unpaired) electrons. The first-order valence-electron chi connectivity index (χ1n) is 11.2. The Hall–Kier alpha value is -1.79. The van der Waals surface area contributed by atoms with Crippen LogP contribution in [0.4, 0.5) is 0 Å². The molecule has 0 spiro atoms. The molecule has 0 fully saturated rings. The Kier molecular flexibility index (Phi) is 11.1. The second-order valence-electron chi connectivity index (χ2n) is 8.18. The number of nitrogens with two attached hydrogens (primary N) is 1. The Morgan fingerprint density at radius 3 is 2.22 bits per heavy atom.